The molecule has 2 fully saturated rings. The second-order valence-corrected chi connectivity index (χ2v) is 9.16. The molecule has 2 atom stereocenters. The van der Waals surface area contributed by atoms with E-state index in [4.69, 9.17) is 15.2 Å². The molecule has 2 aliphatic rings. The molecule has 2 aromatic carbocycles. The SMILES string of the molecule is NC(=O)C(CCCCCCN1CCN(c2ccccc2)CC1)c1ccc(OCC2CO2)cc1. The molecule has 0 aliphatic carbocycles. The Kier molecular flexibility index (Phi) is 8.61. The van der Waals surface area contributed by atoms with Crippen LogP contribution in [0, 0.1) is 0 Å². The van der Waals surface area contributed by atoms with Crippen LogP contribution in [0.25, 0.3) is 0 Å². The number of ether oxygens (including phenoxy) is 2. The molecule has 6 heteroatoms. The Labute approximate surface area is 197 Å². The molecular weight excluding hydrogens is 414 g/mol. The minimum absolute atomic E-state index is 0.225. The third-order valence-electron chi connectivity index (χ3n) is 6.67. The molecule has 2 saturated heterocycles. The van der Waals surface area contributed by atoms with Crippen LogP contribution in [0.4, 0.5) is 5.69 Å². The van der Waals surface area contributed by atoms with Gasteiger partial charge in [0.25, 0.3) is 0 Å². The van der Waals surface area contributed by atoms with Gasteiger partial charge in [0.2, 0.25) is 5.91 Å². The first kappa shape index (κ1) is 23.6. The summed E-state index contributed by atoms with van der Waals surface area (Å²) in [5.41, 5.74) is 8.02. The Morgan fingerprint density at radius 2 is 1.67 bits per heavy atom. The average molecular weight is 452 g/mol. The van der Waals surface area contributed by atoms with Gasteiger partial charge in [-0.3, -0.25) is 9.69 Å². The number of para-hydroxylation sites is 1. The van der Waals surface area contributed by atoms with Crippen molar-refractivity contribution in [3.05, 3.63) is 60.2 Å². The molecule has 2 heterocycles. The van der Waals surface area contributed by atoms with Gasteiger partial charge in [0.1, 0.15) is 18.5 Å². The Hall–Kier alpha value is -2.57. The molecule has 1 amide bonds. The highest BCUT2D eigenvalue weighted by Gasteiger charge is 2.23. The number of hydrogen-bond donors (Lipinski definition) is 1. The minimum Gasteiger partial charge on any atom is -0.491 e. The first-order chi connectivity index (χ1) is 16.2. The summed E-state index contributed by atoms with van der Waals surface area (Å²) in [6.07, 6.45) is 5.61. The van der Waals surface area contributed by atoms with Crippen molar-refractivity contribution in [1.82, 2.24) is 4.90 Å². The Bertz CT molecular complexity index is 847. The molecule has 33 heavy (non-hydrogen) atoms. The standard InChI is InChI=1S/C27H37N3O3/c28-27(31)26(22-11-13-24(14-12-22)32-20-25-21-33-25)10-6-1-2-7-15-29-16-18-30(19-17-29)23-8-4-3-5-9-23/h3-5,8-9,11-14,25-26H,1-2,6-7,10,15-21H2,(H2,28,31). The van der Waals surface area contributed by atoms with Crippen molar-refractivity contribution in [2.24, 2.45) is 5.73 Å². The molecule has 0 saturated carbocycles. The van der Waals surface area contributed by atoms with Gasteiger partial charge >= 0.3 is 0 Å². The lowest BCUT2D eigenvalue weighted by Crippen LogP contribution is -2.46. The second-order valence-electron chi connectivity index (χ2n) is 9.16. The zero-order chi connectivity index (χ0) is 22.9. The van der Waals surface area contributed by atoms with E-state index in [-0.39, 0.29) is 17.9 Å². The number of nitrogens with two attached hydrogens (primary N) is 1. The van der Waals surface area contributed by atoms with E-state index in [9.17, 15) is 4.79 Å². The van der Waals surface area contributed by atoms with Gasteiger partial charge in [-0.25, -0.2) is 0 Å². The highest BCUT2D eigenvalue weighted by Crippen LogP contribution is 2.25. The number of anilines is 1. The number of epoxide rings is 1. The maximum absolute atomic E-state index is 12.0. The third kappa shape index (κ3) is 7.47. The molecule has 2 N–H and O–H groups in total. The number of carbonyl (C=O) groups is 1. The van der Waals surface area contributed by atoms with Crippen molar-refractivity contribution in [3.8, 4) is 5.75 Å². The summed E-state index contributed by atoms with van der Waals surface area (Å²) in [6.45, 7) is 6.99. The van der Waals surface area contributed by atoms with E-state index in [1.165, 1.54) is 18.5 Å². The van der Waals surface area contributed by atoms with Crippen LogP contribution >= 0.6 is 0 Å². The van der Waals surface area contributed by atoms with E-state index in [0.717, 1.165) is 69.9 Å². The van der Waals surface area contributed by atoms with Gasteiger partial charge in [0.05, 0.1) is 12.5 Å². The fourth-order valence-electron chi connectivity index (χ4n) is 4.53. The number of carbonyl (C=O) groups excluding carboxylic acids is 1. The van der Waals surface area contributed by atoms with Gasteiger partial charge in [-0.15, -0.1) is 0 Å². The Morgan fingerprint density at radius 3 is 2.33 bits per heavy atom. The first-order valence-electron chi connectivity index (χ1n) is 12.3. The fraction of sp³-hybridized carbons (Fsp3) is 0.519. The molecule has 2 unspecified atom stereocenters. The number of benzene rings is 2. The summed E-state index contributed by atoms with van der Waals surface area (Å²) in [5.74, 6) is 0.338. The number of amides is 1. The molecule has 0 radical (unpaired) electrons. The Morgan fingerprint density at radius 1 is 0.970 bits per heavy atom. The van der Waals surface area contributed by atoms with Crippen LogP contribution in [0.3, 0.4) is 0 Å². The van der Waals surface area contributed by atoms with Gasteiger partial charge in [-0.2, -0.15) is 0 Å². The van der Waals surface area contributed by atoms with Crippen molar-refractivity contribution in [1.29, 1.82) is 0 Å². The van der Waals surface area contributed by atoms with Gasteiger partial charge in [-0.05, 0) is 49.2 Å². The van der Waals surface area contributed by atoms with E-state index in [0.29, 0.717) is 6.61 Å². The smallest absolute Gasteiger partial charge is 0.224 e. The third-order valence-corrected chi connectivity index (χ3v) is 6.67. The van der Waals surface area contributed by atoms with E-state index in [1.807, 2.05) is 24.3 Å². The molecule has 178 valence electrons. The van der Waals surface area contributed by atoms with Crippen molar-refractivity contribution in [3.63, 3.8) is 0 Å². The van der Waals surface area contributed by atoms with Crippen molar-refractivity contribution in [2.75, 3.05) is 50.8 Å². The van der Waals surface area contributed by atoms with Gasteiger partial charge in [-0.1, -0.05) is 49.6 Å². The van der Waals surface area contributed by atoms with Gasteiger partial charge in [0, 0.05) is 31.9 Å². The van der Waals surface area contributed by atoms with Crippen molar-refractivity contribution >= 4 is 11.6 Å². The van der Waals surface area contributed by atoms with E-state index in [1.54, 1.807) is 0 Å². The quantitative estimate of drug-likeness (QED) is 0.370. The van der Waals surface area contributed by atoms with E-state index < -0.39 is 0 Å². The maximum atomic E-state index is 12.0. The number of nitrogens with zero attached hydrogens (tertiary/aromatic N) is 2. The summed E-state index contributed by atoms with van der Waals surface area (Å²) in [5, 5.41) is 0. The zero-order valence-corrected chi connectivity index (χ0v) is 19.5. The lowest BCUT2D eigenvalue weighted by atomic mass is 9.92. The van der Waals surface area contributed by atoms with Crippen LogP contribution < -0.4 is 15.4 Å². The predicted molar refractivity (Wildman–Crippen MR) is 132 cm³/mol. The van der Waals surface area contributed by atoms with Gasteiger partial charge < -0.3 is 20.1 Å². The molecule has 0 bridgehead atoms. The van der Waals surface area contributed by atoms with Crippen molar-refractivity contribution < 1.29 is 14.3 Å². The van der Waals surface area contributed by atoms with Crippen LogP contribution in [0.15, 0.2) is 54.6 Å². The number of rotatable bonds is 13. The lowest BCUT2D eigenvalue weighted by Gasteiger charge is -2.36. The van der Waals surface area contributed by atoms with Crippen LogP contribution in [-0.2, 0) is 9.53 Å². The molecule has 2 aliphatic heterocycles. The zero-order valence-electron chi connectivity index (χ0n) is 19.5. The number of primary amides is 1. The number of hydrogen-bond acceptors (Lipinski definition) is 5. The summed E-state index contributed by atoms with van der Waals surface area (Å²) in [7, 11) is 0. The monoisotopic (exact) mass is 451 g/mol. The van der Waals surface area contributed by atoms with Crippen LogP contribution in [0.1, 0.15) is 43.6 Å². The maximum Gasteiger partial charge on any atom is 0.224 e. The lowest BCUT2D eigenvalue weighted by molar-refractivity contribution is -0.119. The predicted octanol–water partition coefficient (Wildman–Crippen LogP) is 3.81. The number of piperazine rings is 1. The summed E-state index contributed by atoms with van der Waals surface area (Å²) >= 11 is 0. The topological polar surface area (TPSA) is 71.3 Å². The van der Waals surface area contributed by atoms with Crippen LogP contribution in [0.2, 0.25) is 0 Å². The summed E-state index contributed by atoms with van der Waals surface area (Å²) in [4.78, 5) is 17.1. The molecule has 4 rings (SSSR count). The van der Waals surface area contributed by atoms with Crippen molar-refractivity contribution in [2.45, 2.75) is 44.1 Å². The number of unbranched alkanes of at least 4 members (excludes halogenated alkanes) is 3. The van der Waals surface area contributed by atoms with E-state index >= 15 is 0 Å². The molecular formula is C27H37N3O3. The highest BCUT2D eigenvalue weighted by atomic mass is 16.6. The molecule has 0 spiro atoms. The highest BCUT2D eigenvalue weighted by molar-refractivity contribution is 5.81. The van der Waals surface area contributed by atoms with Crippen LogP contribution in [-0.4, -0.2) is 62.8 Å². The Balaban J connectivity index is 1.10. The summed E-state index contributed by atoms with van der Waals surface area (Å²) in [6, 6.07) is 18.5. The second kappa shape index (κ2) is 12.1. The summed E-state index contributed by atoms with van der Waals surface area (Å²) < 4.78 is 10.8. The minimum atomic E-state index is -0.244. The van der Waals surface area contributed by atoms with Gasteiger partial charge in [0.15, 0.2) is 0 Å². The molecule has 0 aromatic heterocycles. The molecule has 6 nitrogen and oxygen atoms in total. The normalized spacial score (nSPS) is 19.3. The van der Waals surface area contributed by atoms with Crippen LogP contribution in [0.5, 0.6) is 5.75 Å². The van der Waals surface area contributed by atoms with E-state index in [2.05, 4.69) is 40.1 Å². The first-order valence-corrected chi connectivity index (χ1v) is 12.3. The molecule has 2 aromatic rings. The fourth-order valence-corrected chi connectivity index (χ4v) is 4.53. The average Bonchev–Trinajstić information content (AvgIpc) is 3.68. The largest absolute Gasteiger partial charge is 0.491 e.